The normalized spacial score (nSPS) is 14.0. The lowest BCUT2D eigenvalue weighted by Crippen LogP contribution is -2.24. The monoisotopic (exact) mass is 309 g/mol. The standard InChI is InChI=1S/C16H20ClNOS/c1-4-14(13-7-5-6-8-15(13)19-3)18-11(2)12-9-16(17)20-10-12/h5-11,14,18H,4H2,1-3H3. The summed E-state index contributed by atoms with van der Waals surface area (Å²) >= 11 is 7.58. The van der Waals surface area contributed by atoms with Gasteiger partial charge in [0.1, 0.15) is 5.75 Å². The summed E-state index contributed by atoms with van der Waals surface area (Å²) in [5.74, 6) is 0.933. The topological polar surface area (TPSA) is 21.3 Å². The number of halogens is 1. The maximum absolute atomic E-state index is 6.01. The van der Waals surface area contributed by atoms with Crippen molar-refractivity contribution in [3.05, 3.63) is 51.2 Å². The second-order valence-electron chi connectivity index (χ2n) is 4.78. The first-order valence-electron chi connectivity index (χ1n) is 6.78. The van der Waals surface area contributed by atoms with Gasteiger partial charge in [-0.05, 0) is 36.4 Å². The van der Waals surface area contributed by atoms with E-state index in [0.717, 1.165) is 16.5 Å². The van der Waals surface area contributed by atoms with Gasteiger partial charge in [-0.2, -0.15) is 0 Å². The summed E-state index contributed by atoms with van der Waals surface area (Å²) in [5.41, 5.74) is 2.43. The molecule has 2 atom stereocenters. The number of hydrogen-bond donors (Lipinski definition) is 1. The first-order chi connectivity index (χ1) is 9.65. The Hall–Kier alpha value is -1.03. The zero-order valence-electron chi connectivity index (χ0n) is 12.0. The smallest absolute Gasteiger partial charge is 0.123 e. The Morgan fingerprint density at radius 2 is 2.10 bits per heavy atom. The summed E-state index contributed by atoms with van der Waals surface area (Å²) < 4.78 is 6.29. The van der Waals surface area contributed by atoms with Crippen LogP contribution in [0.1, 0.15) is 43.5 Å². The molecule has 0 saturated heterocycles. The van der Waals surface area contributed by atoms with E-state index in [0.29, 0.717) is 0 Å². The molecule has 0 fully saturated rings. The molecule has 2 nitrogen and oxygen atoms in total. The summed E-state index contributed by atoms with van der Waals surface area (Å²) in [7, 11) is 1.72. The largest absolute Gasteiger partial charge is 0.496 e. The molecule has 1 aromatic carbocycles. The van der Waals surface area contributed by atoms with E-state index in [4.69, 9.17) is 16.3 Å². The van der Waals surface area contributed by atoms with Crippen molar-refractivity contribution in [3.8, 4) is 5.75 Å². The Morgan fingerprint density at radius 3 is 2.70 bits per heavy atom. The molecule has 0 aliphatic heterocycles. The number of nitrogens with one attached hydrogen (secondary N) is 1. The van der Waals surface area contributed by atoms with Gasteiger partial charge in [0, 0.05) is 17.6 Å². The van der Waals surface area contributed by atoms with Gasteiger partial charge in [0.2, 0.25) is 0 Å². The van der Waals surface area contributed by atoms with Crippen LogP contribution in [0, 0.1) is 0 Å². The molecule has 0 radical (unpaired) electrons. The fourth-order valence-electron chi connectivity index (χ4n) is 2.33. The number of methoxy groups -OCH3 is 1. The van der Waals surface area contributed by atoms with Gasteiger partial charge in [-0.25, -0.2) is 0 Å². The average Bonchev–Trinajstić information content (AvgIpc) is 2.91. The van der Waals surface area contributed by atoms with Gasteiger partial charge in [0.25, 0.3) is 0 Å². The number of hydrogen-bond acceptors (Lipinski definition) is 3. The van der Waals surface area contributed by atoms with Crippen molar-refractivity contribution in [1.29, 1.82) is 0 Å². The molecule has 2 unspecified atom stereocenters. The number of para-hydroxylation sites is 1. The van der Waals surface area contributed by atoms with E-state index in [9.17, 15) is 0 Å². The third-order valence-electron chi connectivity index (χ3n) is 3.46. The molecule has 2 rings (SSSR count). The van der Waals surface area contributed by atoms with Crippen molar-refractivity contribution < 1.29 is 4.74 Å². The molecule has 0 bridgehead atoms. The van der Waals surface area contributed by atoms with Crippen molar-refractivity contribution in [3.63, 3.8) is 0 Å². The van der Waals surface area contributed by atoms with Crippen LogP contribution in [-0.2, 0) is 0 Å². The van der Waals surface area contributed by atoms with E-state index < -0.39 is 0 Å². The number of thiophene rings is 1. The molecule has 108 valence electrons. The third-order valence-corrected chi connectivity index (χ3v) is 4.57. The van der Waals surface area contributed by atoms with Crippen molar-refractivity contribution in [2.24, 2.45) is 0 Å². The van der Waals surface area contributed by atoms with Crippen LogP contribution >= 0.6 is 22.9 Å². The lowest BCUT2D eigenvalue weighted by molar-refractivity contribution is 0.388. The Bertz CT molecular complexity index is 555. The second-order valence-corrected chi connectivity index (χ2v) is 6.32. The molecule has 4 heteroatoms. The maximum atomic E-state index is 6.01. The Morgan fingerprint density at radius 1 is 1.35 bits per heavy atom. The van der Waals surface area contributed by atoms with Gasteiger partial charge in [-0.1, -0.05) is 36.7 Å². The van der Waals surface area contributed by atoms with E-state index in [-0.39, 0.29) is 12.1 Å². The summed E-state index contributed by atoms with van der Waals surface area (Å²) in [4.78, 5) is 0. The molecule has 0 spiro atoms. The van der Waals surface area contributed by atoms with Crippen LogP contribution < -0.4 is 10.1 Å². The Labute approximate surface area is 129 Å². The fourth-order valence-corrected chi connectivity index (χ4v) is 3.31. The second kappa shape index (κ2) is 7.11. The zero-order chi connectivity index (χ0) is 14.5. The summed E-state index contributed by atoms with van der Waals surface area (Å²) in [6.45, 7) is 4.34. The van der Waals surface area contributed by atoms with Crippen LogP contribution in [0.3, 0.4) is 0 Å². The minimum Gasteiger partial charge on any atom is -0.496 e. The minimum absolute atomic E-state index is 0.258. The molecule has 20 heavy (non-hydrogen) atoms. The zero-order valence-corrected chi connectivity index (χ0v) is 13.6. The van der Waals surface area contributed by atoms with Gasteiger partial charge >= 0.3 is 0 Å². The van der Waals surface area contributed by atoms with E-state index in [1.165, 1.54) is 11.1 Å². The molecule has 1 heterocycles. The van der Waals surface area contributed by atoms with Gasteiger partial charge in [0.05, 0.1) is 11.4 Å². The van der Waals surface area contributed by atoms with Crippen molar-refractivity contribution in [2.75, 3.05) is 7.11 Å². The highest BCUT2D eigenvalue weighted by molar-refractivity contribution is 7.14. The van der Waals surface area contributed by atoms with Crippen LogP contribution in [0.2, 0.25) is 4.34 Å². The minimum atomic E-state index is 0.258. The third kappa shape index (κ3) is 3.54. The van der Waals surface area contributed by atoms with E-state index in [2.05, 4.69) is 30.6 Å². The van der Waals surface area contributed by atoms with Crippen molar-refractivity contribution >= 4 is 22.9 Å². The Kier molecular flexibility index (Phi) is 5.46. The summed E-state index contributed by atoms with van der Waals surface area (Å²) in [5, 5.41) is 5.76. The molecule has 0 amide bonds. The predicted octanol–water partition coefficient (Wildman–Crippen LogP) is 5.21. The lowest BCUT2D eigenvalue weighted by atomic mass is 10.0. The van der Waals surface area contributed by atoms with E-state index in [1.54, 1.807) is 18.4 Å². The van der Waals surface area contributed by atoms with Crippen LogP contribution in [0.25, 0.3) is 0 Å². The number of rotatable bonds is 6. The molecular formula is C16H20ClNOS. The number of benzene rings is 1. The summed E-state index contributed by atoms with van der Waals surface area (Å²) in [6.07, 6.45) is 1.00. The van der Waals surface area contributed by atoms with Gasteiger partial charge in [-0.3, -0.25) is 0 Å². The highest BCUT2D eigenvalue weighted by Crippen LogP contribution is 2.31. The van der Waals surface area contributed by atoms with Gasteiger partial charge < -0.3 is 10.1 Å². The molecule has 0 saturated carbocycles. The fraction of sp³-hybridized carbons (Fsp3) is 0.375. The van der Waals surface area contributed by atoms with Crippen LogP contribution in [0.15, 0.2) is 35.7 Å². The van der Waals surface area contributed by atoms with Crippen LogP contribution in [0.5, 0.6) is 5.75 Å². The lowest BCUT2D eigenvalue weighted by Gasteiger charge is -2.24. The predicted molar refractivity (Wildman–Crippen MR) is 86.9 cm³/mol. The van der Waals surface area contributed by atoms with Crippen molar-refractivity contribution in [2.45, 2.75) is 32.4 Å². The van der Waals surface area contributed by atoms with Gasteiger partial charge in [-0.15, -0.1) is 11.3 Å². The molecule has 0 aliphatic carbocycles. The van der Waals surface area contributed by atoms with E-state index >= 15 is 0 Å². The van der Waals surface area contributed by atoms with Gasteiger partial charge in [0.15, 0.2) is 0 Å². The highest BCUT2D eigenvalue weighted by atomic mass is 35.5. The first kappa shape index (κ1) is 15.4. The quantitative estimate of drug-likeness (QED) is 0.790. The molecule has 1 aromatic heterocycles. The molecule has 0 aliphatic rings. The molecule has 2 aromatic rings. The maximum Gasteiger partial charge on any atom is 0.123 e. The first-order valence-corrected chi connectivity index (χ1v) is 8.04. The van der Waals surface area contributed by atoms with E-state index in [1.807, 2.05) is 24.3 Å². The number of ether oxygens (including phenoxy) is 1. The van der Waals surface area contributed by atoms with Crippen molar-refractivity contribution in [1.82, 2.24) is 5.32 Å². The highest BCUT2D eigenvalue weighted by Gasteiger charge is 2.17. The van der Waals surface area contributed by atoms with Crippen LogP contribution in [-0.4, -0.2) is 7.11 Å². The molecule has 1 N–H and O–H groups in total. The molecular weight excluding hydrogens is 290 g/mol. The summed E-state index contributed by atoms with van der Waals surface area (Å²) in [6, 6.07) is 10.7. The van der Waals surface area contributed by atoms with Crippen LogP contribution in [0.4, 0.5) is 0 Å². The SMILES string of the molecule is CCC(NC(C)c1csc(Cl)c1)c1ccccc1OC. The average molecular weight is 310 g/mol. The Balaban J connectivity index is 2.16.